The Kier molecular flexibility index (Phi) is 3.62. The Labute approximate surface area is 99.3 Å². The van der Waals surface area contributed by atoms with Crippen LogP contribution in [0.4, 0.5) is 5.82 Å². The third-order valence-corrected chi connectivity index (χ3v) is 3.60. The highest BCUT2D eigenvalue weighted by Crippen LogP contribution is 2.20. The number of nitrogens with two attached hydrogens (primary N) is 1. The summed E-state index contributed by atoms with van der Waals surface area (Å²) in [5, 5.41) is 5.92. The van der Waals surface area contributed by atoms with Crippen LogP contribution in [0.1, 0.15) is 29.5 Å². The van der Waals surface area contributed by atoms with Gasteiger partial charge in [0.15, 0.2) is 5.82 Å². The average molecular weight is 236 g/mol. The molecule has 4 heteroatoms. The van der Waals surface area contributed by atoms with Gasteiger partial charge in [-0.25, -0.2) is 0 Å². The van der Waals surface area contributed by atoms with Gasteiger partial charge < -0.3 is 10.3 Å². The molecule has 0 unspecified atom stereocenters. The summed E-state index contributed by atoms with van der Waals surface area (Å²) in [5.74, 6) is 1.50. The Morgan fingerprint density at radius 2 is 2.31 bits per heavy atom. The summed E-state index contributed by atoms with van der Waals surface area (Å²) >= 11 is 1.80. The Bertz CT molecular complexity index is 434. The SMILES string of the molecule is CCc1c(N)noc1CCCc1cccs1. The molecule has 3 nitrogen and oxygen atoms in total. The molecule has 0 atom stereocenters. The fraction of sp³-hybridized carbons (Fsp3) is 0.417. The Hall–Kier alpha value is -1.29. The number of aryl methyl sites for hydroxylation is 2. The van der Waals surface area contributed by atoms with Crippen LogP contribution >= 0.6 is 11.3 Å². The van der Waals surface area contributed by atoms with E-state index >= 15 is 0 Å². The average Bonchev–Trinajstić information content (AvgIpc) is 2.89. The van der Waals surface area contributed by atoms with Gasteiger partial charge in [0, 0.05) is 16.9 Å². The Morgan fingerprint density at radius 3 is 3.00 bits per heavy atom. The molecule has 16 heavy (non-hydrogen) atoms. The van der Waals surface area contributed by atoms with Crippen LogP contribution in [-0.2, 0) is 19.3 Å². The van der Waals surface area contributed by atoms with Crippen LogP contribution in [0.3, 0.4) is 0 Å². The van der Waals surface area contributed by atoms with Gasteiger partial charge in [0.1, 0.15) is 5.76 Å². The summed E-state index contributed by atoms with van der Waals surface area (Å²) < 4.78 is 5.23. The maximum atomic E-state index is 5.72. The molecule has 0 saturated heterocycles. The van der Waals surface area contributed by atoms with Crippen LogP contribution < -0.4 is 5.73 Å². The van der Waals surface area contributed by atoms with E-state index in [1.807, 2.05) is 0 Å². The lowest BCUT2D eigenvalue weighted by Crippen LogP contribution is -1.94. The van der Waals surface area contributed by atoms with Gasteiger partial charge in [0.25, 0.3) is 0 Å². The Balaban J connectivity index is 1.89. The molecule has 2 aromatic heterocycles. The topological polar surface area (TPSA) is 52.0 Å². The highest BCUT2D eigenvalue weighted by molar-refractivity contribution is 7.09. The van der Waals surface area contributed by atoms with Crippen LogP contribution in [-0.4, -0.2) is 5.16 Å². The summed E-state index contributed by atoms with van der Waals surface area (Å²) in [6.07, 6.45) is 4.00. The molecule has 0 amide bonds. The lowest BCUT2D eigenvalue weighted by Gasteiger charge is -1.98. The van der Waals surface area contributed by atoms with Crippen molar-refractivity contribution in [1.82, 2.24) is 5.16 Å². The highest BCUT2D eigenvalue weighted by atomic mass is 32.1. The number of nitrogens with zero attached hydrogens (tertiary/aromatic N) is 1. The van der Waals surface area contributed by atoms with Crippen molar-refractivity contribution in [1.29, 1.82) is 0 Å². The van der Waals surface area contributed by atoms with Crippen molar-refractivity contribution in [2.45, 2.75) is 32.6 Å². The van der Waals surface area contributed by atoms with Gasteiger partial charge in [0.2, 0.25) is 0 Å². The molecule has 0 saturated carbocycles. The second-order valence-electron chi connectivity index (χ2n) is 3.76. The molecule has 2 rings (SSSR count). The third-order valence-electron chi connectivity index (χ3n) is 2.66. The molecule has 0 bridgehead atoms. The van der Waals surface area contributed by atoms with Crippen molar-refractivity contribution < 1.29 is 4.52 Å². The number of anilines is 1. The molecule has 0 aliphatic rings. The van der Waals surface area contributed by atoms with Crippen LogP contribution in [0.15, 0.2) is 22.0 Å². The summed E-state index contributed by atoms with van der Waals surface area (Å²) in [7, 11) is 0. The first-order valence-corrected chi connectivity index (χ1v) is 6.44. The highest BCUT2D eigenvalue weighted by Gasteiger charge is 2.11. The van der Waals surface area contributed by atoms with E-state index < -0.39 is 0 Å². The van der Waals surface area contributed by atoms with Crippen molar-refractivity contribution in [2.75, 3.05) is 5.73 Å². The molecule has 0 spiro atoms. The van der Waals surface area contributed by atoms with Crippen LogP contribution in [0.2, 0.25) is 0 Å². The molecule has 0 aliphatic heterocycles. The second-order valence-corrected chi connectivity index (χ2v) is 4.79. The van der Waals surface area contributed by atoms with Crippen molar-refractivity contribution in [3.63, 3.8) is 0 Å². The van der Waals surface area contributed by atoms with Crippen LogP contribution in [0.5, 0.6) is 0 Å². The number of hydrogen-bond donors (Lipinski definition) is 1. The molecule has 0 aliphatic carbocycles. The molecular formula is C12H16N2OS. The maximum Gasteiger partial charge on any atom is 0.170 e. The van der Waals surface area contributed by atoms with Gasteiger partial charge in [-0.1, -0.05) is 18.1 Å². The van der Waals surface area contributed by atoms with E-state index in [2.05, 4.69) is 29.6 Å². The first kappa shape index (κ1) is 11.2. The zero-order chi connectivity index (χ0) is 11.4. The fourth-order valence-electron chi connectivity index (χ4n) is 1.81. The van der Waals surface area contributed by atoms with E-state index in [4.69, 9.17) is 10.3 Å². The summed E-state index contributed by atoms with van der Waals surface area (Å²) in [6.45, 7) is 2.08. The lowest BCUT2D eigenvalue weighted by atomic mass is 10.1. The molecule has 2 N–H and O–H groups in total. The number of hydrogen-bond acceptors (Lipinski definition) is 4. The molecular weight excluding hydrogens is 220 g/mol. The zero-order valence-corrected chi connectivity index (χ0v) is 10.2. The number of nitrogen functional groups attached to an aromatic ring is 1. The summed E-state index contributed by atoms with van der Waals surface area (Å²) in [5.41, 5.74) is 6.79. The summed E-state index contributed by atoms with van der Waals surface area (Å²) in [4.78, 5) is 1.42. The first-order valence-electron chi connectivity index (χ1n) is 5.56. The van der Waals surface area contributed by atoms with Crippen LogP contribution in [0, 0.1) is 0 Å². The molecule has 0 radical (unpaired) electrons. The monoisotopic (exact) mass is 236 g/mol. The van der Waals surface area contributed by atoms with Gasteiger partial charge in [-0.15, -0.1) is 11.3 Å². The van der Waals surface area contributed by atoms with Gasteiger partial charge in [-0.3, -0.25) is 0 Å². The molecule has 0 aromatic carbocycles. The molecule has 2 aromatic rings. The fourth-order valence-corrected chi connectivity index (χ4v) is 2.56. The maximum absolute atomic E-state index is 5.72. The van der Waals surface area contributed by atoms with E-state index in [-0.39, 0.29) is 0 Å². The standard InChI is InChI=1S/C12H16N2OS/c1-2-10-11(15-14-12(10)13)7-3-5-9-6-4-8-16-9/h4,6,8H,2-3,5,7H2,1H3,(H2,13,14). The van der Waals surface area contributed by atoms with Gasteiger partial charge >= 0.3 is 0 Å². The second kappa shape index (κ2) is 5.16. The van der Waals surface area contributed by atoms with Crippen molar-refractivity contribution in [3.8, 4) is 0 Å². The first-order chi connectivity index (χ1) is 7.81. The number of rotatable bonds is 5. The summed E-state index contributed by atoms with van der Waals surface area (Å²) in [6, 6.07) is 4.25. The van der Waals surface area contributed by atoms with Crippen LogP contribution in [0.25, 0.3) is 0 Å². The van der Waals surface area contributed by atoms with E-state index in [1.54, 1.807) is 11.3 Å². The number of thiophene rings is 1. The van der Waals surface area contributed by atoms with Gasteiger partial charge in [-0.05, 0) is 30.7 Å². The third kappa shape index (κ3) is 2.44. The Morgan fingerprint density at radius 1 is 1.44 bits per heavy atom. The lowest BCUT2D eigenvalue weighted by molar-refractivity contribution is 0.381. The van der Waals surface area contributed by atoms with E-state index in [9.17, 15) is 0 Å². The van der Waals surface area contributed by atoms with E-state index in [0.29, 0.717) is 5.82 Å². The normalized spacial score (nSPS) is 10.8. The number of aromatic nitrogens is 1. The predicted octanol–water partition coefficient (Wildman–Crippen LogP) is 3.06. The minimum absolute atomic E-state index is 0.550. The predicted molar refractivity (Wildman–Crippen MR) is 66.6 cm³/mol. The zero-order valence-electron chi connectivity index (χ0n) is 9.40. The smallest absolute Gasteiger partial charge is 0.170 e. The quantitative estimate of drug-likeness (QED) is 0.868. The molecule has 0 fully saturated rings. The van der Waals surface area contributed by atoms with Gasteiger partial charge in [0.05, 0.1) is 0 Å². The van der Waals surface area contributed by atoms with Crippen molar-refractivity contribution in [2.24, 2.45) is 0 Å². The van der Waals surface area contributed by atoms with Gasteiger partial charge in [-0.2, -0.15) is 0 Å². The van der Waals surface area contributed by atoms with E-state index in [1.165, 1.54) is 4.88 Å². The minimum Gasteiger partial charge on any atom is -0.381 e. The molecule has 2 heterocycles. The van der Waals surface area contributed by atoms with E-state index in [0.717, 1.165) is 37.0 Å². The minimum atomic E-state index is 0.550. The molecule has 86 valence electrons. The largest absolute Gasteiger partial charge is 0.381 e. The van der Waals surface area contributed by atoms with Crippen molar-refractivity contribution in [3.05, 3.63) is 33.7 Å². The van der Waals surface area contributed by atoms with Crippen molar-refractivity contribution >= 4 is 17.2 Å².